The first-order valence-electron chi connectivity index (χ1n) is 10.8. The first kappa shape index (κ1) is 22.1. The first-order valence-corrected chi connectivity index (χ1v) is 12.0. The Morgan fingerprint density at radius 1 is 0.912 bits per heavy atom. The number of aryl methyl sites for hydroxylation is 1. The lowest BCUT2D eigenvalue weighted by molar-refractivity contribution is 0.0985. The molecule has 0 unspecified atom stereocenters. The number of hydrogen-bond acceptors (Lipinski definition) is 4. The van der Waals surface area contributed by atoms with Crippen molar-refractivity contribution in [2.45, 2.75) is 13.5 Å². The molecule has 0 bridgehead atoms. The molecule has 1 amide bonds. The van der Waals surface area contributed by atoms with Crippen molar-refractivity contribution in [2.75, 3.05) is 4.90 Å². The molecule has 0 radical (unpaired) electrons. The van der Waals surface area contributed by atoms with E-state index >= 15 is 0 Å². The largest absolute Gasteiger partial charge is 0.457 e. The molecule has 4 nitrogen and oxygen atoms in total. The Morgan fingerprint density at radius 2 is 1.62 bits per heavy atom. The standard InChI is InChI=1S/C28H21ClN2O2S/c1-19-15-16-24(29)26-25(19)30-28(34-26)31(18-20-9-4-2-5-10-20)27(32)21-11-8-14-23(17-21)33-22-12-6-3-7-13-22/h2-17H,18H2,1H3. The van der Waals surface area contributed by atoms with Crippen molar-refractivity contribution in [1.82, 2.24) is 4.98 Å². The molecule has 4 aromatic carbocycles. The summed E-state index contributed by atoms with van der Waals surface area (Å²) in [5.74, 6) is 1.15. The average molecular weight is 485 g/mol. The number of ether oxygens (including phenoxy) is 1. The van der Waals surface area contributed by atoms with Crippen molar-refractivity contribution in [3.05, 3.63) is 119 Å². The smallest absolute Gasteiger partial charge is 0.260 e. The molecule has 1 heterocycles. The quantitative estimate of drug-likeness (QED) is 0.246. The number of nitrogens with zero attached hydrogens (tertiary/aromatic N) is 2. The monoisotopic (exact) mass is 484 g/mol. The predicted molar refractivity (Wildman–Crippen MR) is 139 cm³/mol. The van der Waals surface area contributed by atoms with Gasteiger partial charge in [-0.1, -0.05) is 83.6 Å². The third kappa shape index (κ3) is 4.67. The SMILES string of the molecule is Cc1ccc(Cl)c2sc(N(Cc3ccccc3)C(=O)c3cccc(Oc4ccccc4)c3)nc12. The number of halogens is 1. The van der Waals surface area contributed by atoms with E-state index in [1.165, 1.54) is 11.3 Å². The molecule has 0 saturated heterocycles. The minimum Gasteiger partial charge on any atom is -0.457 e. The van der Waals surface area contributed by atoms with Gasteiger partial charge in [0.15, 0.2) is 5.13 Å². The van der Waals surface area contributed by atoms with Crippen LogP contribution in [0.25, 0.3) is 10.2 Å². The Hall–Kier alpha value is -3.67. The van der Waals surface area contributed by atoms with E-state index < -0.39 is 0 Å². The molecule has 0 aliphatic rings. The van der Waals surface area contributed by atoms with Crippen LogP contribution in [-0.2, 0) is 6.54 Å². The van der Waals surface area contributed by atoms with Crippen molar-refractivity contribution in [1.29, 1.82) is 0 Å². The van der Waals surface area contributed by atoms with Crippen LogP contribution in [0.4, 0.5) is 5.13 Å². The Labute approximate surface area is 207 Å². The van der Waals surface area contributed by atoms with Crippen LogP contribution in [0.2, 0.25) is 5.02 Å². The van der Waals surface area contributed by atoms with E-state index in [-0.39, 0.29) is 5.91 Å². The molecule has 6 heteroatoms. The van der Waals surface area contributed by atoms with Crippen molar-refractivity contribution in [2.24, 2.45) is 0 Å². The van der Waals surface area contributed by atoms with E-state index in [4.69, 9.17) is 21.3 Å². The van der Waals surface area contributed by atoms with E-state index in [9.17, 15) is 4.79 Å². The zero-order chi connectivity index (χ0) is 23.5. The number of carbonyl (C=O) groups is 1. The summed E-state index contributed by atoms with van der Waals surface area (Å²) in [6.45, 7) is 2.38. The molecule has 168 valence electrons. The van der Waals surface area contributed by atoms with Gasteiger partial charge >= 0.3 is 0 Å². The van der Waals surface area contributed by atoms with Gasteiger partial charge in [-0.2, -0.15) is 0 Å². The molecular weight excluding hydrogens is 464 g/mol. The van der Waals surface area contributed by atoms with E-state index in [2.05, 4.69) is 0 Å². The maximum atomic E-state index is 13.8. The van der Waals surface area contributed by atoms with Gasteiger partial charge in [-0.05, 0) is 54.4 Å². The molecule has 0 aliphatic carbocycles. The predicted octanol–water partition coefficient (Wildman–Crippen LogP) is 7.90. The van der Waals surface area contributed by atoms with Crippen molar-refractivity contribution < 1.29 is 9.53 Å². The van der Waals surface area contributed by atoms with Crippen LogP contribution in [0.3, 0.4) is 0 Å². The highest BCUT2D eigenvalue weighted by atomic mass is 35.5. The van der Waals surface area contributed by atoms with Gasteiger partial charge in [0.25, 0.3) is 5.91 Å². The highest BCUT2D eigenvalue weighted by Gasteiger charge is 2.23. The minimum atomic E-state index is -0.157. The summed E-state index contributed by atoms with van der Waals surface area (Å²) in [6.07, 6.45) is 0. The van der Waals surface area contributed by atoms with Gasteiger partial charge < -0.3 is 4.74 Å². The number of amides is 1. The van der Waals surface area contributed by atoms with E-state index in [0.717, 1.165) is 21.3 Å². The Bertz CT molecular complexity index is 1410. The maximum absolute atomic E-state index is 13.8. The van der Waals surface area contributed by atoms with Crippen LogP contribution in [0.15, 0.2) is 97.1 Å². The number of anilines is 1. The highest BCUT2D eigenvalue weighted by Crippen LogP contribution is 2.37. The summed E-state index contributed by atoms with van der Waals surface area (Å²) in [5, 5.41) is 1.24. The number of hydrogen-bond donors (Lipinski definition) is 0. The van der Waals surface area contributed by atoms with E-state index in [1.54, 1.807) is 17.0 Å². The normalized spacial score (nSPS) is 10.9. The van der Waals surface area contributed by atoms with Crippen LogP contribution in [0.5, 0.6) is 11.5 Å². The number of aromatic nitrogens is 1. The molecule has 5 aromatic rings. The number of rotatable bonds is 6. The summed E-state index contributed by atoms with van der Waals surface area (Å²) in [5.41, 5.74) is 3.37. The number of benzene rings is 4. The summed E-state index contributed by atoms with van der Waals surface area (Å²) < 4.78 is 6.83. The molecule has 1 aromatic heterocycles. The van der Waals surface area contributed by atoms with Crippen LogP contribution in [0.1, 0.15) is 21.5 Å². The Kier molecular flexibility index (Phi) is 6.30. The van der Waals surface area contributed by atoms with Gasteiger partial charge in [-0.15, -0.1) is 0 Å². The number of fused-ring (bicyclic) bond motifs is 1. The second-order valence-electron chi connectivity index (χ2n) is 7.86. The van der Waals surface area contributed by atoms with Gasteiger partial charge in [0.1, 0.15) is 11.5 Å². The first-order chi connectivity index (χ1) is 16.6. The second-order valence-corrected chi connectivity index (χ2v) is 9.24. The fourth-order valence-electron chi connectivity index (χ4n) is 3.67. The van der Waals surface area contributed by atoms with Crippen molar-refractivity contribution >= 4 is 44.2 Å². The van der Waals surface area contributed by atoms with Crippen LogP contribution in [-0.4, -0.2) is 10.9 Å². The van der Waals surface area contributed by atoms with Gasteiger partial charge in [0.2, 0.25) is 0 Å². The lowest BCUT2D eigenvalue weighted by atomic mass is 10.1. The maximum Gasteiger partial charge on any atom is 0.260 e. The van der Waals surface area contributed by atoms with Crippen LogP contribution in [0, 0.1) is 6.92 Å². The topological polar surface area (TPSA) is 42.4 Å². The fourth-order valence-corrected chi connectivity index (χ4v) is 4.99. The molecular formula is C28H21ClN2O2S. The van der Waals surface area contributed by atoms with Gasteiger partial charge in [0.05, 0.1) is 21.8 Å². The third-order valence-electron chi connectivity index (χ3n) is 5.41. The number of para-hydroxylation sites is 1. The minimum absolute atomic E-state index is 0.157. The van der Waals surface area contributed by atoms with E-state index in [0.29, 0.717) is 33.8 Å². The summed E-state index contributed by atoms with van der Waals surface area (Å²) in [4.78, 5) is 20.3. The summed E-state index contributed by atoms with van der Waals surface area (Å²) >= 11 is 7.88. The molecule has 0 spiro atoms. The van der Waals surface area contributed by atoms with Gasteiger partial charge in [-0.3, -0.25) is 9.69 Å². The molecule has 5 rings (SSSR count). The summed E-state index contributed by atoms with van der Waals surface area (Å²) in [7, 11) is 0. The van der Waals surface area contributed by atoms with Crippen molar-refractivity contribution in [3.63, 3.8) is 0 Å². The number of thiazole rings is 1. The second kappa shape index (κ2) is 9.67. The molecule has 0 N–H and O–H groups in total. The van der Waals surface area contributed by atoms with Gasteiger partial charge in [0, 0.05) is 5.56 Å². The third-order valence-corrected chi connectivity index (χ3v) is 6.94. The van der Waals surface area contributed by atoms with Crippen LogP contribution >= 0.6 is 22.9 Å². The molecule has 0 aliphatic heterocycles. The summed E-state index contributed by atoms with van der Waals surface area (Å²) in [6, 6.07) is 30.4. The zero-order valence-electron chi connectivity index (χ0n) is 18.4. The molecule has 0 atom stereocenters. The highest BCUT2D eigenvalue weighted by molar-refractivity contribution is 7.23. The average Bonchev–Trinajstić information content (AvgIpc) is 3.33. The Morgan fingerprint density at radius 3 is 2.35 bits per heavy atom. The van der Waals surface area contributed by atoms with Crippen LogP contribution < -0.4 is 9.64 Å². The van der Waals surface area contributed by atoms with Crippen molar-refractivity contribution in [3.8, 4) is 11.5 Å². The zero-order valence-corrected chi connectivity index (χ0v) is 20.0. The lowest BCUT2D eigenvalue weighted by Crippen LogP contribution is -2.30. The lowest BCUT2D eigenvalue weighted by Gasteiger charge is -2.20. The molecule has 0 saturated carbocycles. The fraction of sp³-hybridized carbons (Fsp3) is 0.0714. The number of carbonyl (C=O) groups excluding carboxylic acids is 1. The molecule has 34 heavy (non-hydrogen) atoms. The van der Waals surface area contributed by atoms with Gasteiger partial charge in [-0.25, -0.2) is 4.98 Å². The van der Waals surface area contributed by atoms with E-state index in [1.807, 2.05) is 91.9 Å². The molecule has 0 fully saturated rings. The Balaban J connectivity index is 1.53.